The van der Waals surface area contributed by atoms with Crippen LogP contribution < -0.4 is 5.32 Å². The summed E-state index contributed by atoms with van der Waals surface area (Å²) in [5, 5.41) is 2.98. The summed E-state index contributed by atoms with van der Waals surface area (Å²) in [5.41, 5.74) is 2.67. The molecule has 25 heavy (non-hydrogen) atoms. The Bertz CT molecular complexity index is 531. The molecule has 0 atom stereocenters. The third-order valence-electron chi connectivity index (χ3n) is 5.29. The Kier molecular flexibility index (Phi) is 6.74. The van der Waals surface area contributed by atoms with Gasteiger partial charge < -0.3 is 15.0 Å². The number of nitrogens with one attached hydrogen (secondary N) is 1. The number of urea groups is 1. The summed E-state index contributed by atoms with van der Waals surface area (Å²) < 4.78 is 5.75. The first kappa shape index (κ1) is 18.2. The van der Waals surface area contributed by atoms with Crippen LogP contribution in [0.5, 0.6) is 0 Å². The standard InChI is InChI=1S/C21H32N2O2/c1-2-11-22-21(24)23-12-9-18(10-13-23)14-17-3-5-19(6-4-17)15-25-16-20-7-8-20/h3-6,18,20H,2,7-16H2,1H3,(H,22,24). The molecule has 1 saturated heterocycles. The van der Waals surface area contributed by atoms with Crippen molar-refractivity contribution in [3.05, 3.63) is 35.4 Å². The highest BCUT2D eigenvalue weighted by atomic mass is 16.5. The Balaban J connectivity index is 1.37. The van der Waals surface area contributed by atoms with Crippen LogP contribution in [0.2, 0.25) is 0 Å². The highest BCUT2D eigenvalue weighted by Gasteiger charge is 2.23. The third-order valence-corrected chi connectivity index (χ3v) is 5.29. The summed E-state index contributed by atoms with van der Waals surface area (Å²) >= 11 is 0. The van der Waals surface area contributed by atoms with Crippen molar-refractivity contribution >= 4 is 6.03 Å². The van der Waals surface area contributed by atoms with Gasteiger partial charge in [0.25, 0.3) is 0 Å². The maximum absolute atomic E-state index is 12.0. The number of rotatable bonds is 8. The average molecular weight is 344 g/mol. The van der Waals surface area contributed by atoms with Gasteiger partial charge in [0, 0.05) is 26.2 Å². The van der Waals surface area contributed by atoms with E-state index in [9.17, 15) is 4.79 Å². The van der Waals surface area contributed by atoms with Gasteiger partial charge in [0.1, 0.15) is 0 Å². The van der Waals surface area contributed by atoms with Crippen molar-refractivity contribution in [2.24, 2.45) is 11.8 Å². The molecule has 0 radical (unpaired) electrons. The number of amides is 2. The zero-order valence-electron chi connectivity index (χ0n) is 15.5. The second-order valence-corrected chi connectivity index (χ2v) is 7.64. The normalized spacial score (nSPS) is 18.4. The monoisotopic (exact) mass is 344 g/mol. The largest absolute Gasteiger partial charge is 0.376 e. The van der Waals surface area contributed by atoms with Crippen LogP contribution in [0.25, 0.3) is 0 Å². The fourth-order valence-corrected chi connectivity index (χ4v) is 3.42. The Hall–Kier alpha value is -1.55. The van der Waals surface area contributed by atoms with Gasteiger partial charge in [-0.25, -0.2) is 4.79 Å². The molecule has 1 saturated carbocycles. The van der Waals surface area contributed by atoms with E-state index in [0.29, 0.717) is 5.92 Å². The minimum absolute atomic E-state index is 0.107. The molecule has 0 spiro atoms. The lowest BCUT2D eigenvalue weighted by Crippen LogP contribution is -2.44. The Morgan fingerprint density at radius 2 is 1.76 bits per heavy atom. The lowest BCUT2D eigenvalue weighted by Gasteiger charge is -2.32. The first-order chi connectivity index (χ1) is 12.2. The molecular formula is C21H32N2O2. The van der Waals surface area contributed by atoms with Gasteiger partial charge in [0.05, 0.1) is 6.61 Å². The van der Waals surface area contributed by atoms with Gasteiger partial charge in [-0.1, -0.05) is 31.2 Å². The summed E-state index contributed by atoms with van der Waals surface area (Å²) in [6, 6.07) is 9.01. The fourth-order valence-electron chi connectivity index (χ4n) is 3.42. The first-order valence-electron chi connectivity index (χ1n) is 9.93. The van der Waals surface area contributed by atoms with E-state index in [2.05, 4.69) is 36.5 Å². The number of ether oxygens (including phenoxy) is 1. The van der Waals surface area contributed by atoms with Gasteiger partial charge in [0.2, 0.25) is 0 Å². The Morgan fingerprint density at radius 3 is 2.40 bits per heavy atom. The number of hydrogen-bond donors (Lipinski definition) is 1. The highest BCUT2D eigenvalue weighted by Crippen LogP contribution is 2.29. The topological polar surface area (TPSA) is 41.6 Å². The molecule has 0 bridgehead atoms. The molecule has 138 valence electrons. The van der Waals surface area contributed by atoms with E-state index < -0.39 is 0 Å². The third kappa shape index (κ3) is 6.03. The molecule has 4 nitrogen and oxygen atoms in total. The molecule has 1 aromatic carbocycles. The molecule has 1 heterocycles. The molecular weight excluding hydrogens is 312 g/mol. The molecule has 0 unspecified atom stereocenters. The van der Waals surface area contributed by atoms with E-state index in [-0.39, 0.29) is 6.03 Å². The molecule has 1 N–H and O–H groups in total. The highest BCUT2D eigenvalue weighted by molar-refractivity contribution is 5.74. The summed E-state index contributed by atoms with van der Waals surface area (Å²) in [6.45, 7) is 6.28. The van der Waals surface area contributed by atoms with E-state index in [1.54, 1.807) is 0 Å². The molecule has 2 amide bonds. The van der Waals surface area contributed by atoms with Crippen molar-refractivity contribution in [3.8, 4) is 0 Å². The summed E-state index contributed by atoms with van der Waals surface area (Å²) in [6.07, 6.45) is 7.01. The van der Waals surface area contributed by atoms with Crippen LogP contribution in [-0.4, -0.2) is 37.2 Å². The van der Waals surface area contributed by atoms with Gasteiger partial charge in [-0.3, -0.25) is 0 Å². The van der Waals surface area contributed by atoms with Gasteiger partial charge >= 0.3 is 6.03 Å². The molecule has 3 rings (SSSR count). The summed E-state index contributed by atoms with van der Waals surface area (Å²) in [5.74, 6) is 1.52. The molecule has 2 fully saturated rings. The molecule has 1 aliphatic carbocycles. The van der Waals surface area contributed by atoms with Crippen LogP contribution in [0.3, 0.4) is 0 Å². The minimum Gasteiger partial charge on any atom is -0.376 e. The number of nitrogens with zero attached hydrogens (tertiary/aromatic N) is 1. The van der Waals surface area contributed by atoms with Crippen LogP contribution in [0.4, 0.5) is 4.79 Å². The maximum atomic E-state index is 12.0. The lowest BCUT2D eigenvalue weighted by atomic mass is 9.90. The second-order valence-electron chi connectivity index (χ2n) is 7.64. The van der Waals surface area contributed by atoms with E-state index >= 15 is 0 Å². The van der Waals surface area contributed by atoms with Gasteiger partial charge in [-0.05, 0) is 61.5 Å². The predicted molar refractivity (Wildman–Crippen MR) is 101 cm³/mol. The van der Waals surface area contributed by atoms with Gasteiger partial charge in [-0.15, -0.1) is 0 Å². The van der Waals surface area contributed by atoms with Crippen molar-refractivity contribution in [1.82, 2.24) is 10.2 Å². The first-order valence-corrected chi connectivity index (χ1v) is 9.93. The summed E-state index contributed by atoms with van der Waals surface area (Å²) in [7, 11) is 0. The van der Waals surface area contributed by atoms with Crippen molar-refractivity contribution < 1.29 is 9.53 Å². The molecule has 1 aromatic rings. The van der Waals surface area contributed by atoms with Crippen LogP contribution in [0.1, 0.15) is 50.2 Å². The zero-order valence-corrected chi connectivity index (χ0v) is 15.5. The average Bonchev–Trinajstić information content (AvgIpc) is 3.46. The van der Waals surface area contributed by atoms with Gasteiger partial charge in [0.15, 0.2) is 0 Å². The number of carbonyl (C=O) groups excluding carboxylic acids is 1. The van der Waals surface area contributed by atoms with Crippen molar-refractivity contribution in [2.45, 2.75) is 52.1 Å². The van der Waals surface area contributed by atoms with Crippen molar-refractivity contribution in [3.63, 3.8) is 0 Å². The lowest BCUT2D eigenvalue weighted by molar-refractivity contribution is 0.111. The zero-order chi connectivity index (χ0) is 17.5. The van der Waals surface area contributed by atoms with E-state index in [1.807, 2.05) is 4.90 Å². The number of piperidine rings is 1. The van der Waals surface area contributed by atoms with E-state index in [4.69, 9.17) is 4.74 Å². The van der Waals surface area contributed by atoms with Crippen LogP contribution in [0, 0.1) is 11.8 Å². The number of carbonyl (C=O) groups is 1. The number of hydrogen-bond acceptors (Lipinski definition) is 2. The Labute approximate surface area is 151 Å². The Morgan fingerprint density at radius 1 is 1.08 bits per heavy atom. The smallest absolute Gasteiger partial charge is 0.317 e. The van der Waals surface area contributed by atoms with E-state index in [0.717, 1.165) is 64.4 Å². The van der Waals surface area contributed by atoms with Crippen LogP contribution in [0.15, 0.2) is 24.3 Å². The number of benzene rings is 1. The minimum atomic E-state index is 0.107. The van der Waals surface area contributed by atoms with Crippen LogP contribution >= 0.6 is 0 Å². The molecule has 1 aliphatic heterocycles. The predicted octanol–water partition coefficient (Wildman–Crippen LogP) is 3.99. The molecule has 0 aromatic heterocycles. The van der Waals surface area contributed by atoms with Crippen molar-refractivity contribution in [1.29, 1.82) is 0 Å². The fraction of sp³-hybridized carbons (Fsp3) is 0.667. The van der Waals surface area contributed by atoms with Gasteiger partial charge in [-0.2, -0.15) is 0 Å². The molecule has 4 heteroatoms. The second kappa shape index (κ2) is 9.23. The van der Waals surface area contributed by atoms with E-state index in [1.165, 1.54) is 24.0 Å². The van der Waals surface area contributed by atoms with Crippen molar-refractivity contribution in [2.75, 3.05) is 26.2 Å². The quantitative estimate of drug-likeness (QED) is 0.775. The molecule has 2 aliphatic rings. The summed E-state index contributed by atoms with van der Waals surface area (Å²) in [4.78, 5) is 14.0. The SMILES string of the molecule is CCCNC(=O)N1CCC(Cc2ccc(COCC3CC3)cc2)CC1. The van der Waals surface area contributed by atoms with Crippen LogP contribution in [-0.2, 0) is 17.8 Å². The maximum Gasteiger partial charge on any atom is 0.317 e. The number of likely N-dealkylation sites (tertiary alicyclic amines) is 1.